The molecule has 190 valence electrons. The predicted molar refractivity (Wildman–Crippen MR) is 140 cm³/mol. The van der Waals surface area contributed by atoms with Crippen LogP contribution in [0.5, 0.6) is 5.75 Å². The number of amides is 2. The highest BCUT2D eigenvalue weighted by Gasteiger charge is 2.13. The van der Waals surface area contributed by atoms with E-state index in [1.165, 1.54) is 6.07 Å². The van der Waals surface area contributed by atoms with Gasteiger partial charge in [0.2, 0.25) is 11.8 Å². The van der Waals surface area contributed by atoms with E-state index in [0.717, 1.165) is 0 Å². The lowest BCUT2D eigenvalue weighted by molar-refractivity contribution is -0.117. The molecule has 2 amide bonds. The molecule has 9 heteroatoms. The Hall–Kier alpha value is -4.53. The van der Waals surface area contributed by atoms with Gasteiger partial charge in [0.1, 0.15) is 11.6 Å². The minimum atomic E-state index is -0.568. The topological polar surface area (TPSA) is 113 Å². The van der Waals surface area contributed by atoms with Crippen LogP contribution in [0.4, 0.5) is 15.8 Å². The molecule has 0 aliphatic rings. The van der Waals surface area contributed by atoms with Crippen LogP contribution >= 0.6 is 0 Å². The Bertz CT molecular complexity index is 1480. The smallest absolute Gasteiger partial charge is 0.272 e. The maximum Gasteiger partial charge on any atom is 0.272 e. The van der Waals surface area contributed by atoms with Crippen molar-refractivity contribution in [2.45, 2.75) is 32.6 Å². The van der Waals surface area contributed by atoms with Crippen LogP contribution in [0.3, 0.4) is 0 Å². The first-order chi connectivity index (χ1) is 17.9. The largest absolute Gasteiger partial charge is 0.492 e. The molecule has 0 aliphatic carbocycles. The molecule has 8 nitrogen and oxygen atoms in total. The van der Waals surface area contributed by atoms with E-state index >= 15 is 0 Å². The molecule has 0 unspecified atom stereocenters. The van der Waals surface area contributed by atoms with Gasteiger partial charge in [-0.3, -0.25) is 14.4 Å². The van der Waals surface area contributed by atoms with Crippen LogP contribution in [0.15, 0.2) is 71.5 Å². The van der Waals surface area contributed by atoms with E-state index in [-0.39, 0.29) is 30.0 Å². The molecule has 0 fully saturated rings. The predicted octanol–water partition coefficient (Wildman–Crippen LogP) is 4.80. The standard InChI is InChI=1S/C28H27FN4O4/c1-2-37-25-11-6-5-10-22(25)30-26(34)12-7-13-27(35)31-24-17-18(14-15-21(24)29)16-23-19-8-3-4-9-20(19)28(36)33-32-23/h3-6,8-11,14-15,17H,2,7,12-13,16H2,1H3,(H,30,34)(H,31,35)(H,33,36). The van der Waals surface area contributed by atoms with Gasteiger partial charge >= 0.3 is 0 Å². The Morgan fingerprint density at radius 2 is 1.59 bits per heavy atom. The number of anilines is 2. The number of H-pyrrole nitrogens is 1. The third kappa shape index (κ3) is 6.58. The van der Waals surface area contributed by atoms with Gasteiger partial charge in [-0.15, -0.1) is 0 Å². The fourth-order valence-corrected chi connectivity index (χ4v) is 3.96. The Morgan fingerprint density at radius 1 is 0.919 bits per heavy atom. The normalized spacial score (nSPS) is 10.8. The molecule has 0 bridgehead atoms. The van der Waals surface area contributed by atoms with E-state index in [9.17, 15) is 18.8 Å². The van der Waals surface area contributed by atoms with Crippen LogP contribution in [0.25, 0.3) is 10.8 Å². The van der Waals surface area contributed by atoms with Crippen molar-refractivity contribution in [2.24, 2.45) is 0 Å². The number of aromatic nitrogens is 2. The van der Waals surface area contributed by atoms with Crippen LogP contribution in [-0.4, -0.2) is 28.6 Å². The number of nitrogens with one attached hydrogen (secondary N) is 3. The lowest BCUT2D eigenvalue weighted by atomic mass is 10.0. The van der Waals surface area contributed by atoms with Gasteiger partial charge in [0.25, 0.3) is 5.56 Å². The number of para-hydroxylation sites is 2. The summed E-state index contributed by atoms with van der Waals surface area (Å²) in [7, 11) is 0. The third-order valence-electron chi connectivity index (χ3n) is 5.72. The zero-order chi connectivity index (χ0) is 26.2. The molecule has 4 aromatic rings. The Labute approximate surface area is 212 Å². The summed E-state index contributed by atoms with van der Waals surface area (Å²) in [6.45, 7) is 2.33. The van der Waals surface area contributed by atoms with Crippen LogP contribution in [0, 0.1) is 5.82 Å². The fourth-order valence-electron chi connectivity index (χ4n) is 3.96. The van der Waals surface area contributed by atoms with Gasteiger partial charge in [-0.2, -0.15) is 5.10 Å². The van der Waals surface area contributed by atoms with E-state index < -0.39 is 11.7 Å². The van der Waals surface area contributed by atoms with Crippen molar-refractivity contribution < 1.29 is 18.7 Å². The maximum atomic E-state index is 14.4. The minimum Gasteiger partial charge on any atom is -0.492 e. The zero-order valence-electron chi connectivity index (χ0n) is 20.3. The summed E-state index contributed by atoms with van der Waals surface area (Å²) in [6.07, 6.45) is 0.810. The number of aromatic amines is 1. The van der Waals surface area contributed by atoms with Gasteiger partial charge in [0.15, 0.2) is 0 Å². The number of hydrogen-bond acceptors (Lipinski definition) is 5. The summed E-state index contributed by atoms with van der Waals surface area (Å²) in [5, 5.41) is 13.3. The van der Waals surface area contributed by atoms with Gasteiger partial charge in [-0.1, -0.05) is 36.4 Å². The first-order valence-electron chi connectivity index (χ1n) is 12.0. The molecule has 1 heterocycles. The summed E-state index contributed by atoms with van der Waals surface area (Å²) in [4.78, 5) is 36.8. The summed E-state index contributed by atoms with van der Waals surface area (Å²) in [6, 6.07) is 18.7. The zero-order valence-corrected chi connectivity index (χ0v) is 20.3. The maximum absolute atomic E-state index is 14.4. The molecule has 37 heavy (non-hydrogen) atoms. The second-order valence-electron chi connectivity index (χ2n) is 8.42. The van der Waals surface area contributed by atoms with Crippen molar-refractivity contribution in [2.75, 3.05) is 17.2 Å². The van der Waals surface area contributed by atoms with Crippen LogP contribution in [-0.2, 0) is 16.0 Å². The van der Waals surface area contributed by atoms with Crippen molar-refractivity contribution in [1.82, 2.24) is 10.2 Å². The van der Waals surface area contributed by atoms with Crippen molar-refractivity contribution in [1.29, 1.82) is 0 Å². The second kappa shape index (κ2) is 11.9. The van der Waals surface area contributed by atoms with Crippen LogP contribution < -0.4 is 20.9 Å². The van der Waals surface area contributed by atoms with Crippen LogP contribution in [0.2, 0.25) is 0 Å². The monoisotopic (exact) mass is 502 g/mol. The molecule has 0 spiro atoms. The first kappa shape index (κ1) is 25.6. The van der Waals surface area contributed by atoms with Crippen molar-refractivity contribution in [3.8, 4) is 5.75 Å². The SMILES string of the molecule is CCOc1ccccc1NC(=O)CCCC(=O)Nc1cc(Cc2n[nH]c(=O)c3ccccc23)ccc1F. The number of carbonyl (C=O) groups is 2. The summed E-state index contributed by atoms with van der Waals surface area (Å²) < 4.78 is 19.9. The Balaban J connectivity index is 1.34. The average Bonchev–Trinajstić information content (AvgIpc) is 2.89. The summed E-state index contributed by atoms with van der Waals surface area (Å²) in [5.74, 6) is -0.627. The molecule has 3 N–H and O–H groups in total. The molecule has 0 atom stereocenters. The van der Waals surface area contributed by atoms with E-state index in [0.29, 0.717) is 52.9 Å². The Kier molecular flexibility index (Phi) is 8.25. The summed E-state index contributed by atoms with van der Waals surface area (Å²) >= 11 is 0. The number of hydrogen-bond donors (Lipinski definition) is 3. The average molecular weight is 503 g/mol. The van der Waals surface area contributed by atoms with Crippen molar-refractivity contribution in [3.63, 3.8) is 0 Å². The highest BCUT2D eigenvalue weighted by molar-refractivity contribution is 5.94. The van der Waals surface area contributed by atoms with Gasteiger partial charge in [-0.05, 0) is 49.2 Å². The van der Waals surface area contributed by atoms with E-state index in [2.05, 4.69) is 20.8 Å². The molecular weight excluding hydrogens is 475 g/mol. The van der Waals surface area contributed by atoms with Gasteiger partial charge in [0.05, 0.1) is 29.1 Å². The van der Waals surface area contributed by atoms with Crippen molar-refractivity contribution >= 4 is 34.0 Å². The van der Waals surface area contributed by atoms with E-state index in [4.69, 9.17) is 4.74 Å². The molecule has 0 saturated carbocycles. The lowest BCUT2D eigenvalue weighted by Gasteiger charge is -2.11. The van der Waals surface area contributed by atoms with Crippen molar-refractivity contribution in [3.05, 3.63) is 94.2 Å². The first-order valence-corrected chi connectivity index (χ1v) is 12.0. The van der Waals surface area contributed by atoms with Gasteiger partial charge in [0, 0.05) is 24.6 Å². The lowest BCUT2D eigenvalue weighted by Crippen LogP contribution is -2.16. The highest BCUT2D eigenvalue weighted by atomic mass is 19.1. The number of nitrogens with zero attached hydrogens (tertiary/aromatic N) is 1. The van der Waals surface area contributed by atoms with Gasteiger partial charge < -0.3 is 15.4 Å². The van der Waals surface area contributed by atoms with Crippen LogP contribution in [0.1, 0.15) is 37.4 Å². The number of fused-ring (bicyclic) bond motifs is 1. The number of ether oxygens (including phenoxy) is 1. The quantitative estimate of drug-likeness (QED) is 0.288. The van der Waals surface area contributed by atoms with E-state index in [1.807, 2.05) is 25.1 Å². The molecule has 3 aromatic carbocycles. The minimum absolute atomic E-state index is 0.0475. The third-order valence-corrected chi connectivity index (χ3v) is 5.72. The highest BCUT2D eigenvalue weighted by Crippen LogP contribution is 2.24. The molecule has 4 rings (SSSR count). The number of rotatable bonds is 10. The number of benzene rings is 3. The van der Waals surface area contributed by atoms with E-state index in [1.54, 1.807) is 42.5 Å². The molecule has 0 aliphatic heterocycles. The van der Waals surface area contributed by atoms with Gasteiger partial charge in [-0.25, -0.2) is 9.49 Å². The molecular formula is C28H27FN4O4. The molecule has 0 radical (unpaired) electrons. The molecule has 0 saturated heterocycles. The number of halogens is 1. The Morgan fingerprint density at radius 3 is 2.35 bits per heavy atom. The summed E-state index contributed by atoms with van der Waals surface area (Å²) in [5.41, 5.74) is 1.69. The molecule has 1 aromatic heterocycles. The number of carbonyl (C=O) groups excluding carboxylic acids is 2. The fraction of sp³-hybridized carbons (Fsp3) is 0.214. The second-order valence-corrected chi connectivity index (χ2v) is 8.42.